The van der Waals surface area contributed by atoms with Crippen molar-refractivity contribution in [2.45, 2.75) is 13.0 Å². The fourth-order valence-electron chi connectivity index (χ4n) is 3.46. The first-order chi connectivity index (χ1) is 15.6. The number of hydrogen-bond donors (Lipinski definition) is 1. The molecule has 3 aromatic rings. The minimum atomic E-state index is -0.342. The Bertz CT molecular complexity index is 1210. The third-order valence-corrected chi connectivity index (χ3v) is 6.08. The number of amides is 1. The highest BCUT2D eigenvalue weighted by Gasteiger charge is 2.10. The van der Waals surface area contributed by atoms with Crippen molar-refractivity contribution >= 4 is 23.2 Å². The molecule has 0 saturated carbocycles. The first-order valence-corrected chi connectivity index (χ1v) is 11.6. The Hall–Kier alpha value is -3.44. The second kappa shape index (κ2) is 10.2. The number of carbonyl (C=O) groups excluding carboxylic acids is 1. The van der Waals surface area contributed by atoms with E-state index in [4.69, 9.17) is 0 Å². The summed E-state index contributed by atoms with van der Waals surface area (Å²) in [6, 6.07) is 16.3. The second-order valence-corrected chi connectivity index (χ2v) is 8.32. The molecule has 1 aromatic heterocycles. The van der Waals surface area contributed by atoms with E-state index in [0.717, 1.165) is 17.5 Å². The van der Waals surface area contributed by atoms with Crippen LogP contribution in [0.1, 0.15) is 27.9 Å². The molecule has 4 rings (SSSR count). The predicted octanol–water partition coefficient (Wildman–Crippen LogP) is 6.41. The Morgan fingerprint density at radius 1 is 1.06 bits per heavy atom. The van der Waals surface area contributed by atoms with E-state index < -0.39 is 0 Å². The van der Waals surface area contributed by atoms with Gasteiger partial charge in [0.1, 0.15) is 5.82 Å². The Kier molecular flexibility index (Phi) is 6.97. The number of nitrogens with one attached hydrogen (secondary N) is 1. The zero-order valence-corrected chi connectivity index (χ0v) is 18.5. The maximum absolute atomic E-state index is 14.1. The summed E-state index contributed by atoms with van der Waals surface area (Å²) < 4.78 is 14.1. The Morgan fingerprint density at radius 2 is 1.88 bits per heavy atom. The summed E-state index contributed by atoms with van der Waals surface area (Å²) in [5.74, 6) is -0.588. The van der Waals surface area contributed by atoms with Crippen molar-refractivity contribution in [3.8, 4) is 11.1 Å². The summed E-state index contributed by atoms with van der Waals surface area (Å²) >= 11 is 1.77. The van der Waals surface area contributed by atoms with Gasteiger partial charge in [-0.2, -0.15) is 0 Å². The van der Waals surface area contributed by atoms with Crippen LogP contribution < -0.4 is 5.32 Å². The van der Waals surface area contributed by atoms with Crippen molar-refractivity contribution in [3.63, 3.8) is 0 Å². The van der Waals surface area contributed by atoms with E-state index in [1.807, 2.05) is 12.1 Å². The van der Waals surface area contributed by atoms with Gasteiger partial charge in [0.2, 0.25) is 0 Å². The van der Waals surface area contributed by atoms with Gasteiger partial charge in [-0.25, -0.2) is 4.39 Å². The number of hydrogen-bond acceptors (Lipinski definition) is 3. The van der Waals surface area contributed by atoms with Crippen molar-refractivity contribution < 1.29 is 9.18 Å². The summed E-state index contributed by atoms with van der Waals surface area (Å²) in [4.78, 5) is 18.1. The van der Waals surface area contributed by atoms with Gasteiger partial charge in [-0.3, -0.25) is 9.78 Å². The number of benzene rings is 2. The molecule has 1 aliphatic carbocycles. The Balaban J connectivity index is 1.42. The van der Waals surface area contributed by atoms with Crippen molar-refractivity contribution in [2.24, 2.45) is 0 Å². The fraction of sp³-hybridized carbons (Fsp3) is 0.111. The van der Waals surface area contributed by atoms with Gasteiger partial charge in [0.25, 0.3) is 5.91 Å². The monoisotopic (exact) mass is 442 g/mol. The van der Waals surface area contributed by atoms with E-state index in [2.05, 4.69) is 53.0 Å². The Labute approximate surface area is 191 Å². The summed E-state index contributed by atoms with van der Waals surface area (Å²) in [7, 11) is 0. The normalized spacial score (nSPS) is 13.2. The molecule has 2 aromatic carbocycles. The average molecular weight is 443 g/mol. The molecule has 0 spiro atoms. The standard InChI is InChI=1S/C27H23FN2OS/c1-32-24-6-4-5-20(13-14-24)21-11-9-19(10-12-21)16-30-27(31)23-15-22(17-29-18-23)25-7-2-3-8-26(25)28/h2-5,7-15,17-18H,6,16H2,1H3,(H,30,31). The molecule has 0 saturated heterocycles. The van der Waals surface area contributed by atoms with Crippen molar-refractivity contribution in [1.82, 2.24) is 10.3 Å². The Morgan fingerprint density at radius 3 is 2.66 bits per heavy atom. The van der Waals surface area contributed by atoms with Crippen LogP contribution in [0.5, 0.6) is 0 Å². The van der Waals surface area contributed by atoms with E-state index in [0.29, 0.717) is 23.2 Å². The molecule has 0 bridgehead atoms. The molecular formula is C27H23FN2OS. The molecule has 1 N–H and O–H groups in total. The molecule has 0 fully saturated rings. The molecular weight excluding hydrogens is 419 g/mol. The van der Waals surface area contributed by atoms with Gasteiger partial charge in [-0.1, -0.05) is 66.8 Å². The molecule has 5 heteroatoms. The number of rotatable bonds is 6. The molecule has 0 radical (unpaired) electrons. The van der Waals surface area contributed by atoms with E-state index >= 15 is 0 Å². The molecule has 0 aliphatic heterocycles. The number of pyridine rings is 1. The van der Waals surface area contributed by atoms with Crippen LogP contribution in [0.3, 0.4) is 0 Å². The smallest absolute Gasteiger partial charge is 0.253 e. The lowest BCUT2D eigenvalue weighted by atomic mass is 10.0. The summed E-state index contributed by atoms with van der Waals surface area (Å²) in [5.41, 5.74) is 4.69. The van der Waals surface area contributed by atoms with E-state index in [1.165, 1.54) is 22.7 Å². The van der Waals surface area contributed by atoms with E-state index in [1.54, 1.807) is 42.2 Å². The first kappa shape index (κ1) is 21.8. The lowest BCUT2D eigenvalue weighted by Crippen LogP contribution is -2.23. The largest absolute Gasteiger partial charge is 0.348 e. The highest BCUT2D eigenvalue weighted by Crippen LogP contribution is 2.25. The molecule has 0 atom stereocenters. The van der Waals surface area contributed by atoms with Crippen LogP contribution in [0.15, 0.2) is 96.2 Å². The average Bonchev–Trinajstić information content (AvgIpc) is 3.09. The van der Waals surface area contributed by atoms with Crippen LogP contribution in [0.4, 0.5) is 4.39 Å². The minimum Gasteiger partial charge on any atom is -0.348 e. The number of halogens is 1. The third kappa shape index (κ3) is 5.24. The maximum atomic E-state index is 14.1. The summed E-state index contributed by atoms with van der Waals surface area (Å²) in [5, 5.41) is 2.92. The fourth-order valence-corrected chi connectivity index (χ4v) is 3.93. The molecule has 1 aliphatic rings. The van der Waals surface area contributed by atoms with Crippen LogP contribution in [-0.4, -0.2) is 17.1 Å². The van der Waals surface area contributed by atoms with Gasteiger partial charge in [0.15, 0.2) is 0 Å². The predicted molar refractivity (Wildman–Crippen MR) is 131 cm³/mol. The molecule has 160 valence electrons. The quantitative estimate of drug-likeness (QED) is 0.480. The van der Waals surface area contributed by atoms with Crippen molar-refractivity contribution in [3.05, 3.63) is 119 Å². The zero-order chi connectivity index (χ0) is 22.3. The highest BCUT2D eigenvalue weighted by molar-refractivity contribution is 8.02. The minimum absolute atomic E-state index is 0.246. The van der Waals surface area contributed by atoms with Crippen LogP contribution in [0.2, 0.25) is 0 Å². The number of nitrogens with zero attached hydrogens (tertiary/aromatic N) is 1. The topological polar surface area (TPSA) is 42.0 Å². The lowest BCUT2D eigenvalue weighted by Gasteiger charge is -2.09. The van der Waals surface area contributed by atoms with E-state index in [-0.39, 0.29) is 11.7 Å². The highest BCUT2D eigenvalue weighted by atomic mass is 32.2. The van der Waals surface area contributed by atoms with Crippen molar-refractivity contribution in [2.75, 3.05) is 6.26 Å². The number of thioether (sulfide) groups is 1. The number of allylic oxidation sites excluding steroid dienone is 6. The summed E-state index contributed by atoms with van der Waals surface area (Å²) in [6.07, 6.45) is 14.7. The van der Waals surface area contributed by atoms with Gasteiger partial charge in [0, 0.05) is 30.1 Å². The second-order valence-electron chi connectivity index (χ2n) is 7.39. The first-order valence-electron chi connectivity index (χ1n) is 10.3. The molecule has 1 heterocycles. The SMILES string of the molecule is CSC1=CC=C(c2ccc(CNC(=O)c3cncc(-c4ccccc4F)c3)cc2)C=CC1. The van der Waals surface area contributed by atoms with Crippen LogP contribution in [0.25, 0.3) is 16.7 Å². The van der Waals surface area contributed by atoms with Crippen LogP contribution in [0, 0.1) is 5.82 Å². The van der Waals surface area contributed by atoms with Gasteiger partial charge in [-0.15, -0.1) is 11.8 Å². The lowest BCUT2D eigenvalue weighted by molar-refractivity contribution is 0.0950. The van der Waals surface area contributed by atoms with Gasteiger partial charge in [0.05, 0.1) is 5.56 Å². The van der Waals surface area contributed by atoms with Gasteiger partial charge >= 0.3 is 0 Å². The van der Waals surface area contributed by atoms with E-state index in [9.17, 15) is 9.18 Å². The molecule has 3 nitrogen and oxygen atoms in total. The van der Waals surface area contributed by atoms with Gasteiger partial charge < -0.3 is 5.32 Å². The van der Waals surface area contributed by atoms with Crippen LogP contribution >= 0.6 is 11.8 Å². The number of carbonyl (C=O) groups is 1. The molecule has 0 unspecified atom stereocenters. The zero-order valence-electron chi connectivity index (χ0n) is 17.7. The van der Waals surface area contributed by atoms with Crippen molar-refractivity contribution in [1.29, 1.82) is 0 Å². The number of aromatic nitrogens is 1. The maximum Gasteiger partial charge on any atom is 0.253 e. The summed E-state index contributed by atoms with van der Waals surface area (Å²) in [6.45, 7) is 0.397. The van der Waals surface area contributed by atoms with Gasteiger partial charge in [-0.05, 0) is 46.4 Å². The molecule has 1 amide bonds. The molecule has 32 heavy (non-hydrogen) atoms. The van der Waals surface area contributed by atoms with Crippen LogP contribution in [-0.2, 0) is 6.54 Å². The third-order valence-electron chi connectivity index (χ3n) is 5.25.